The summed E-state index contributed by atoms with van der Waals surface area (Å²) in [4.78, 5) is 16.9. The van der Waals surface area contributed by atoms with Crippen LogP contribution < -0.4 is 5.69 Å². The lowest BCUT2D eigenvalue weighted by molar-refractivity contribution is 0.700. The first-order chi connectivity index (χ1) is 8.34. The zero-order valence-electron chi connectivity index (χ0n) is 8.93. The van der Waals surface area contributed by atoms with Crippen molar-refractivity contribution in [2.24, 2.45) is 0 Å². The molecule has 3 heterocycles. The molecule has 17 heavy (non-hydrogen) atoms. The van der Waals surface area contributed by atoms with Gasteiger partial charge in [0.25, 0.3) is 0 Å². The number of tetrazole rings is 1. The standard InChI is InChI=1S/C10H9N5OS/c16-10-11-9-7(8-12-13-14-15(8)10)5-3-1-2-4-6(5)17-9/h1-4H2,(H,11,16). The van der Waals surface area contributed by atoms with Gasteiger partial charge in [0.1, 0.15) is 4.83 Å². The number of rotatable bonds is 0. The highest BCUT2D eigenvalue weighted by Crippen LogP contribution is 2.35. The summed E-state index contributed by atoms with van der Waals surface area (Å²) in [7, 11) is 0. The maximum atomic E-state index is 11.7. The van der Waals surface area contributed by atoms with E-state index in [4.69, 9.17) is 0 Å². The molecular weight excluding hydrogens is 238 g/mol. The average Bonchev–Trinajstić information content (AvgIpc) is 2.90. The summed E-state index contributed by atoms with van der Waals surface area (Å²) in [5.74, 6) is 0. The van der Waals surface area contributed by atoms with Crippen LogP contribution in [0.1, 0.15) is 23.3 Å². The van der Waals surface area contributed by atoms with Gasteiger partial charge in [-0.25, -0.2) is 4.79 Å². The number of thiophene rings is 1. The highest BCUT2D eigenvalue weighted by molar-refractivity contribution is 7.19. The summed E-state index contributed by atoms with van der Waals surface area (Å²) in [6, 6.07) is 0. The first-order valence-corrected chi connectivity index (χ1v) is 6.41. The topological polar surface area (TPSA) is 75.9 Å². The lowest BCUT2D eigenvalue weighted by Gasteiger charge is -2.09. The maximum absolute atomic E-state index is 11.7. The lowest BCUT2D eigenvalue weighted by Crippen LogP contribution is -2.17. The summed E-state index contributed by atoms with van der Waals surface area (Å²) in [6.45, 7) is 0. The number of nitrogens with one attached hydrogen (secondary N) is 1. The largest absolute Gasteiger partial charge is 0.350 e. The van der Waals surface area contributed by atoms with E-state index in [1.165, 1.54) is 27.8 Å². The number of hydrogen-bond donors (Lipinski definition) is 1. The average molecular weight is 247 g/mol. The van der Waals surface area contributed by atoms with E-state index in [1.807, 2.05) is 0 Å². The van der Waals surface area contributed by atoms with Gasteiger partial charge in [0.05, 0.1) is 5.39 Å². The molecule has 1 N–H and O–H groups in total. The Kier molecular flexibility index (Phi) is 1.71. The summed E-state index contributed by atoms with van der Waals surface area (Å²) in [6.07, 6.45) is 4.59. The predicted molar refractivity (Wildman–Crippen MR) is 63.4 cm³/mol. The summed E-state index contributed by atoms with van der Waals surface area (Å²) in [5.41, 5.74) is 1.64. The van der Waals surface area contributed by atoms with Crippen LogP contribution in [0, 0.1) is 0 Å². The third-order valence-electron chi connectivity index (χ3n) is 3.28. The third kappa shape index (κ3) is 1.14. The molecule has 3 aromatic heterocycles. The lowest BCUT2D eigenvalue weighted by atomic mass is 9.97. The van der Waals surface area contributed by atoms with Crippen molar-refractivity contribution in [3.8, 4) is 0 Å². The fourth-order valence-corrected chi connectivity index (χ4v) is 3.80. The normalized spacial score (nSPS) is 15.5. The smallest absolute Gasteiger partial charge is 0.297 e. The van der Waals surface area contributed by atoms with Gasteiger partial charge in [-0.05, 0) is 41.7 Å². The number of aryl methyl sites for hydroxylation is 2. The Morgan fingerprint density at radius 2 is 2.18 bits per heavy atom. The van der Waals surface area contributed by atoms with Crippen LogP contribution in [0.2, 0.25) is 0 Å². The number of aromatic nitrogens is 5. The molecule has 0 amide bonds. The van der Waals surface area contributed by atoms with Crippen LogP contribution in [-0.2, 0) is 12.8 Å². The van der Waals surface area contributed by atoms with Crippen molar-refractivity contribution in [1.29, 1.82) is 0 Å². The Labute approximate surface area is 99.3 Å². The van der Waals surface area contributed by atoms with Gasteiger partial charge in [-0.15, -0.1) is 21.0 Å². The minimum atomic E-state index is -0.268. The minimum Gasteiger partial charge on any atom is -0.297 e. The quantitative estimate of drug-likeness (QED) is 0.640. The van der Waals surface area contributed by atoms with Crippen LogP contribution >= 0.6 is 11.3 Å². The Morgan fingerprint density at radius 1 is 1.29 bits per heavy atom. The highest BCUT2D eigenvalue weighted by atomic mass is 32.1. The molecular formula is C10H9N5OS. The molecule has 0 aliphatic heterocycles. The fourth-order valence-electron chi connectivity index (χ4n) is 2.52. The van der Waals surface area contributed by atoms with Gasteiger partial charge in [0.2, 0.25) is 0 Å². The minimum absolute atomic E-state index is 0.268. The molecule has 0 aromatic carbocycles. The van der Waals surface area contributed by atoms with Crippen molar-refractivity contribution in [3.63, 3.8) is 0 Å². The first-order valence-electron chi connectivity index (χ1n) is 5.59. The van der Waals surface area contributed by atoms with Gasteiger partial charge in [-0.2, -0.15) is 0 Å². The van der Waals surface area contributed by atoms with Crippen molar-refractivity contribution >= 4 is 27.2 Å². The number of aromatic amines is 1. The van der Waals surface area contributed by atoms with Gasteiger partial charge in [0, 0.05) is 4.88 Å². The summed E-state index contributed by atoms with van der Waals surface area (Å²) in [5, 5.41) is 12.3. The second kappa shape index (κ2) is 3.13. The molecule has 86 valence electrons. The molecule has 0 spiro atoms. The molecule has 0 atom stereocenters. The summed E-state index contributed by atoms with van der Waals surface area (Å²) >= 11 is 1.67. The molecule has 4 rings (SSSR count). The van der Waals surface area contributed by atoms with Crippen LogP contribution in [0.15, 0.2) is 4.79 Å². The Hall–Kier alpha value is -1.76. The fraction of sp³-hybridized carbons (Fsp3) is 0.400. The number of fused-ring (bicyclic) bond motifs is 5. The van der Waals surface area contributed by atoms with Gasteiger partial charge < -0.3 is 0 Å². The van der Waals surface area contributed by atoms with Crippen molar-refractivity contribution in [1.82, 2.24) is 25.0 Å². The van der Waals surface area contributed by atoms with Crippen LogP contribution in [-0.4, -0.2) is 25.0 Å². The van der Waals surface area contributed by atoms with E-state index in [0.29, 0.717) is 5.65 Å². The van der Waals surface area contributed by atoms with Crippen LogP contribution in [0.3, 0.4) is 0 Å². The van der Waals surface area contributed by atoms with Gasteiger partial charge in [0.15, 0.2) is 5.65 Å². The molecule has 0 saturated heterocycles. The number of nitrogens with zero attached hydrogens (tertiary/aromatic N) is 4. The van der Waals surface area contributed by atoms with E-state index < -0.39 is 0 Å². The molecule has 1 aliphatic carbocycles. The van der Waals surface area contributed by atoms with Crippen molar-refractivity contribution in [2.75, 3.05) is 0 Å². The SMILES string of the molecule is O=c1[nH]c2sc3c(c2c2nnnn12)CCCC3. The first kappa shape index (κ1) is 9.29. The molecule has 0 fully saturated rings. The molecule has 3 aromatic rings. The van der Waals surface area contributed by atoms with E-state index >= 15 is 0 Å². The third-order valence-corrected chi connectivity index (χ3v) is 4.48. The molecule has 0 saturated carbocycles. The predicted octanol–water partition coefficient (Wildman–Crippen LogP) is 0.906. The van der Waals surface area contributed by atoms with Crippen molar-refractivity contribution in [3.05, 3.63) is 20.9 Å². The van der Waals surface area contributed by atoms with E-state index in [0.717, 1.165) is 23.1 Å². The zero-order valence-corrected chi connectivity index (χ0v) is 9.75. The highest BCUT2D eigenvalue weighted by Gasteiger charge is 2.20. The zero-order chi connectivity index (χ0) is 11.4. The van der Waals surface area contributed by atoms with Crippen molar-refractivity contribution < 1.29 is 0 Å². The Morgan fingerprint density at radius 3 is 3.12 bits per heavy atom. The van der Waals surface area contributed by atoms with E-state index in [1.54, 1.807) is 11.3 Å². The molecule has 0 bridgehead atoms. The van der Waals surface area contributed by atoms with Crippen LogP contribution in [0.25, 0.3) is 15.9 Å². The van der Waals surface area contributed by atoms with Gasteiger partial charge >= 0.3 is 5.69 Å². The molecule has 0 radical (unpaired) electrons. The molecule has 1 aliphatic rings. The number of H-pyrrole nitrogens is 1. The molecule has 7 heteroatoms. The molecule has 6 nitrogen and oxygen atoms in total. The maximum Gasteiger partial charge on any atom is 0.350 e. The van der Waals surface area contributed by atoms with E-state index in [9.17, 15) is 4.79 Å². The Bertz CT molecular complexity index is 783. The Balaban J connectivity index is 2.27. The van der Waals surface area contributed by atoms with Crippen LogP contribution in [0.4, 0.5) is 0 Å². The van der Waals surface area contributed by atoms with Crippen molar-refractivity contribution in [2.45, 2.75) is 25.7 Å². The van der Waals surface area contributed by atoms with E-state index in [2.05, 4.69) is 20.5 Å². The molecule has 0 unspecified atom stereocenters. The van der Waals surface area contributed by atoms with Gasteiger partial charge in [-0.1, -0.05) is 0 Å². The second-order valence-corrected chi connectivity index (χ2v) is 5.36. The van der Waals surface area contributed by atoms with Crippen LogP contribution in [0.5, 0.6) is 0 Å². The van der Waals surface area contributed by atoms with E-state index in [-0.39, 0.29) is 5.69 Å². The number of hydrogen-bond acceptors (Lipinski definition) is 5. The summed E-state index contributed by atoms with van der Waals surface area (Å²) < 4.78 is 1.24. The van der Waals surface area contributed by atoms with Gasteiger partial charge in [-0.3, -0.25) is 4.98 Å². The second-order valence-electron chi connectivity index (χ2n) is 4.26. The monoisotopic (exact) mass is 247 g/mol.